The van der Waals surface area contributed by atoms with Gasteiger partial charge in [0.2, 0.25) is 21.8 Å². The maximum atomic E-state index is 13.2. The predicted molar refractivity (Wildman–Crippen MR) is 153 cm³/mol. The number of hydrogen-bond acceptors (Lipinski definition) is 8. The summed E-state index contributed by atoms with van der Waals surface area (Å²) in [4.78, 5) is 32.0. The number of benzene rings is 1. The third kappa shape index (κ3) is 5.41. The van der Waals surface area contributed by atoms with Crippen molar-refractivity contribution in [3.05, 3.63) is 72.6 Å². The second kappa shape index (κ2) is 10.5. The smallest absolute Gasteiger partial charge is 0.259 e. The first-order chi connectivity index (χ1) is 19.3. The van der Waals surface area contributed by atoms with Gasteiger partial charge < -0.3 is 15.4 Å². The van der Waals surface area contributed by atoms with Gasteiger partial charge in [-0.05, 0) is 42.3 Å². The van der Waals surface area contributed by atoms with Crippen LogP contribution in [0.15, 0.2) is 72.6 Å². The van der Waals surface area contributed by atoms with Crippen LogP contribution in [0.1, 0.15) is 25.7 Å². The summed E-state index contributed by atoms with van der Waals surface area (Å²) >= 11 is 1.63. The fourth-order valence-electron chi connectivity index (χ4n) is 5.09. The lowest BCUT2D eigenvalue weighted by Gasteiger charge is -2.21. The van der Waals surface area contributed by atoms with Gasteiger partial charge in [0.15, 0.2) is 0 Å². The van der Waals surface area contributed by atoms with Gasteiger partial charge in [-0.3, -0.25) is 14.3 Å². The van der Waals surface area contributed by atoms with Crippen LogP contribution in [0.25, 0.3) is 21.7 Å². The van der Waals surface area contributed by atoms with Crippen LogP contribution < -0.4 is 20.1 Å². The summed E-state index contributed by atoms with van der Waals surface area (Å²) in [5, 5.41) is 7.48. The maximum absolute atomic E-state index is 13.2. The highest BCUT2D eigenvalue weighted by Gasteiger charge is 2.61. The number of carbonyl (C=O) groups excluding carboxylic acids is 2. The van der Waals surface area contributed by atoms with Crippen molar-refractivity contribution in [2.45, 2.75) is 48.6 Å². The third-order valence-electron chi connectivity index (χ3n) is 7.62. The molecule has 0 bridgehead atoms. The Morgan fingerprint density at radius 1 is 1.12 bits per heavy atom. The number of pyridine rings is 1. The first-order valence-corrected chi connectivity index (χ1v) is 15.7. The summed E-state index contributed by atoms with van der Waals surface area (Å²) in [6.45, 7) is 4.16. The van der Waals surface area contributed by atoms with Gasteiger partial charge >= 0.3 is 0 Å². The second-order valence-electron chi connectivity index (χ2n) is 10.5. The minimum Gasteiger partial charge on any atom is -0.473 e. The monoisotopic (exact) mass is 578 g/mol. The lowest BCUT2D eigenvalue weighted by molar-refractivity contribution is -0.130. The molecule has 208 valence electrons. The number of hydrogen-bond donors (Lipinski definition) is 3. The van der Waals surface area contributed by atoms with E-state index < -0.39 is 32.8 Å². The number of aromatic nitrogens is 1. The van der Waals surface area contributed by atoms with E-state index in [2.05, 4.69) is 21.9 Å². The molecule has 0 unspecified atom stereocenters. The molecule has 2 aliphatic carbocycles. The number of amides is 2. The van der Waals surface area contributed by atoms with Crippen LogP contribution in [0.2, 0.25) is 0 Å². The van der Waals surface area contributed by atoms with Crippen LogP contribution in [0.3, 0.4) is 0 Å². The first kappa shape index (κ1) is 26.7. The minimum absolute atomic E-state index is 0.308. The zero-order valence-corrected chi connectivity index (χ0v) is 23.3. The number of rotatable bonds is 10. The van der Waals surface area contributed by atoms with Gasteiger partial charge in [-0.1, -0.05) is 42.5 Å². The van der Waals surface area contributed by atoms with Crippen LogP contribution in [0.4, 0.5) is 0 Å². The Kier molecular flexibility index (Phi) is 6.97. The van der Waals surface area contributed by atoms with E-state index in [1.54, 1.807) is 17.4 Å². The predicted octanol–water partition coefficient (Wildman–Crippen LogP) is 3.26. The number of nitrogens with zero attached hydrogens (tertiary/aromatic N) is 1. The highest BCUT2D eigenvalue weighted by Crippen LogP contribution is 2.45. The zero-order chi connectivity index (χ0) is 27.9. The fourth-order valence-corrected chi connectivity index (χ4v) is 7.17. The van der Waals surface area contributed by atoms with Crippen LogP contribution in [0.5, 0.6) is 5.88 Å². The molecule has 3 N–H and O–H groups in total. The summed E-state index contributed by atoms with van der Waals surface area (Å²) in [7, 11) is -3.73. The number of sulfonamides is 1. The summed E-state index contributed by atoms with van der Waals surface area (Å²) in [6.07, 6.45) is 3.02. The standard InChI is InChI=1S/C29H30N4O5S2/c1-2-20-16-29(20,28(35)33-40(36,37)22-10-11-22)32-27(34)24-15-21(17-30-24)38-26-14-19(25-9-6-12-39-25)13-23(31-26)18-7-4-3-5-8-18/h2-9,12-14,20-22,24,30H,1,10-11,15-17H2,(H,32,34)(H,33,35)/t20-,21-,24+,29-/m1/s1. The molecule has 9 nitrogen and oxygen atoms in total. The molecule has 3 fully saturated rings. The molecule has 4 atom stereocenters. The Balaban J connectivity index is 1.14. The van der Waals surface area contributed by atoms with E-state index in [4.69, 9.17) is 9.72 Å². The molecular formula is C29H30N4O5S2. The quantitative estimate of drug-likeness (QED) is 0.315. The van der Waals surface area contributed by atoms with Crippen molar-refractivity contribution in [1.82, 2.24) is 20.3 Å². The fraction of sp³-hybridized carbons (Fsp3) is 0.345. The van der Waals surface area contributed by atoms with Crippen LogP contribution >= 0.6 is 11.3 Å². The van der Waals surface area contributed by atoms with Crippen molar-refractivity contribution >= 4 is 33.2 Å². The van der Waals surface area contributed by atoms with Gasteiger partial charge in [-0.2, -0.15) is 0 Å². The van der Waals surface area contributed by atoms with Gasteiger partial charge in [-0.25, -0.2) is 13.4 Å². The molecule has 0 radical (unpaired) electrons. The SMILES string of the molecule is C=C[C@@H]1C[C@]1(NC(=O)[C@@H]1C[C@@H](Oc2cc(-c3cccs3)cc(-c3ccccc3)n2)CN1)C(=O)NS(=O)(=O)C1CC1. The van der Waals surface area contributed by atoms with Gasteiger partial charge in [0.25, 0.3) is 5.91 Å². The molecule has 0 spiro atoms. The minimum atomic E-state index is -3.73. The van der Waals surface area contributed by atoms with E-state index in [1.165, 1.54) is 0 Å². The molecule has 2 aromatic heterocycles. The Morgan fingerprint density at radius 3 is 2.60 bits per heavy atom. The molecule has 1 saturated heterocycles. The van der Waals surface area contributed by atoms with Crippen molar-refractivity contribution in [2.75, 3.05) is 6.54 Å². The Bertz CT molecular complexity index is 1540. The van der Waals surface area contributed by atoms with E-state index in [9.17, 15) is 18.0 Å². The van der Waals surface area contributed by atoms with Crippen molar-refractivity contribution in [3.8, 4) is 27.6 Å². The molecule has 1 aromatic carbocycles. The first-order valence-electron chi connectivity index (χ1n) is 13.3. The van der Waals surface area contributed by atoms with Gasteiger partial charge in [0.05, 0.1) is 17.0 Å². The third-order valence-corrected chi connectivity index (χ3v) is 10.4. The average Bonchev–Trinajstić information content (AvgIpc) is 3.81. The summed E-state index contributed by atoms with van der Waals surface area (Å²) in [6, 6.07) is 17.3. The van der Waals surface area contributed by atoms with Gasteiger partial charge in [0, 0.05) is 35.4 Å². The Morgan fingerprint density at radius 2 is 1.93 bits per heavy atom. The summed E-state index contributed by atoms with van der Waals surface area (Å²) < 4.78 is 33.1. The highest BCUT2D eigenvalue weighted by molar-refractivity contribution is 7.91. The maximum Gasteiger partial charge on any atom is 0.259 e. The van der Waals surface area contributed by atoms with Crippen molar-refractivity contribution in [1.29, 1.82) is 0 Å². The zero-order valence-electron chi connectivity index (χ0n) is 21.7. The second-order valence-corrected chi connectivity index (χ2v) is 13.5. The topological polar surface area (TPSA) is 126 Å². The average molecular weight is 579 g/mol. The molecular weight excluding hydrogens is 548 g/mol. The van der Waals surface area contributed by atoms with Crippen LogP contribution in [-0.2, 0) is 19.6 Å². The number of nitrogens with one attached hydrogen (secondary N) is 3. The molecule has 3 aromatic rings. The lowest BCUT2D eigenvalue weighted by atomic mass is 10.1. The van der Waals surface area contributed by atoms with E-state index in [1.807, 2.05) is 60.0 Å². The summed E-state index contributed by atoms with van der Waals surface area (Å²) in [5.41, 5.74) is 1.46. The van der Waals surface area contributed by atoms with E-state index in [0.717, 1.165) is 21.7 Å². The van der Waals surface area contributed by atoms with Crippen LogP contribution in [-0.4, -0.2) is 54.7 Å². The number of carbonyl (C=O) groups is 2. The van der Waals surface area contributed by atoms with Crippen molar-refractivity contribution in [3.63, 3.8) is 0 Å². The van der Waals surface area contributed by atoms with Crippen LogP contribution in [0, 0.1) is 5.92 Å². The molecule has 2 amide bonds. The van der Waals surface area contributed by atoms with E-state index in [-0.39, 0.29) is 17.9 Å². The molecule has 11 heteroatoms. The highest BCUT2D eigenvalue weighted by atomic mass is 32.2. The molecule has 6 rings (SSSR count). The Hall–Kier alpha value is -3.54. The largest absolute Gasteiger partial charge is 0.473 e. The lowest BCUT2D eigenvalue weighted by Crippen LogP contribution is -2.55. The number of ether oxygens (including phenoxy) is 1. The van der Waals surface area contributed by atoms with Crippen molar-refractivity contribution in [2.24, 2.45) is 5.92 Å². The summed E-state index contributed by atoms with van der Waals surface area (Å²) in [5.74, 6) is -0.946. The molecule has 40 heavy (non-hydrogen) atoms. The number of thiophene rings is 1. The Labute approximate surface area is 237 Å². The molecule has 2 saturated carbocycles. The molecule has 1 aliphatic heterocycles. The van der Waals surface area contributed by atoms with Gasteiger partial charge in [0.1, 0.15) is 11.6 Å². The molecule has 3 heterocycles. The van der Waals surface area contributed by atoms with E-state index in [0.29, 0.717) is 38.1 Å². The van der Waals surface area contributed by atoms with Gasteiger partial charge in [-0.15, -0.1) is 17.9 Å². The molecule has 3 aliphatic rings. The van der Waals surface area contributed by atoms with Crippen molar-refractivity contribution < 1.29 is 22.7 Å². The van der Waals surface area contributed by atoms with E-state index >= 15 is 0 Å². The normalized spacial score (nSPS) is 25.6.